The Morgan fingerprint density at radius 1 is 1.17 bits per heavy atom. The monoisotopic (exact) mass is 496 g/mol. The minimum atomic E-state index is -0.568. The van der Waals surface area contributed by atoms with Gasteiger partial charge in [-0.25, -0.2) is 0 Å². The standard InChI is InChI=1S/C22H26BrClN2O2S/c1-4-15(2)25-22(28)16(3)26(13-17-6-5-7-18(23)12-17)21(27)14-29-20-10-8-19(24)9-11-20/h5-12,15-16H,4,13-14H2,1-3H3,(H,25,28)/t15-,16+/m1/s1. The Balaban J connectivity index is 2.14. The molecule has 0 aliphatic heterocycles. The summed E-state index contributed by atoms with van der Waals surface area (Å²) in [5.74, 6) is 0.0206. The van der Waals surface area contributed by atoms with Crippen LogP contribution in [0.3, 0.4) is 0 Å². The van der Waals surface area contributed by atoms with Gasteiger partial charge < -0.3 is 10.2 Å². The van der Waals surface area contributed by atoms with Gasteiger partial charge in [-0.3, -0.25) is 9.59 Å². The molecule has 156 valence electrons. The van der Waals surface area contributed by atoms with E-state index in [2.05, 4.69) is 21.2 Å². The molecule has 2 aromatic carbocycles. The molecule has 2 rings (SSSR count). The van der Waals surface area contributed by atoms with Gasteiger partial charge in [-0.15, -0.1) is 11.8 Å². The first-order chi connectivity index (χ1) is 13.8. The summed E-state index contributed by atoms with van der Waals surface area (Å²) in [6.07, 6.45) is 0.838. The second kappa shape index (κ2) is 11.6. The molecule has 0 radical (unpaired) electrons. The predicted molar refractivity (Wildman–Crippen MR) is 124 cm³/mol. The Hall–Kier alpha value is -1.50. The van der Waals surface area contributed by atoms with Gasteiger partial charge in [-0.05, 0) is 62.2 Å². The van der Waals surface area contributed by atoms with Crippen LogP contribution in [0, 0.1) is 0 Å². The van der Waals surface area contributed by atoms with E-state index >= 15 is 0 Å². The number of nitrogens with one attached hydrogen (secondary N) is 1. The van der Waals surface area contributed by atoms with Crippen LogP contribution in [0.4, 0.5) is 0 Å². The number of nitrogens with zero attached hydrogens (tertiary/aromatic N) is 1. The molecule has 0 aliphatic carbocycles. The molecule has 0 fully saturated rings. The average molecular weight is 498 g/mol. The predicted octanol–water partition coefficient (Wildman–Crippen LogP) is 5.53. The maximum atomic E-state index is 13.1. The Bertz CT molecular complexity index is 832. The summed E-state index contributed by atoms with van der Waals surface area (Å²) in [7, 11) is 0. The first kappa shape index (κ1) is 23.8. The zero-order valence-electron chi connectivity index (χ0n) is 16.8. The molecule has 0 saturated heterocycles. The summed E-state index contributed by atoms with van der Waals surface area (Å²) < 4.78 is 0.939. The minimum absolute atomic E-state index is 0.0659. The van der Waals surface area contributed by atoms with Crippen molar-refractivity contribution in [2.24, 2.45) is 0 Å². The Morgan fingerprint density at radius 2 is 1.86 bits per heavy atom. The zero-order chi connectivity index (χ0) is 21.4. The lowest BCUT2D eigenvalue weighted by Gasteiger charge is -2.29. The molecule has 0 aromatic heterocycles. The number of benzene rings is 2. The van der Waals surface area contributed by atoms with E-state index in [1.807, 2.05) is 50.2 Å². The quantitative estimate of drug-likeness (QED) is 0.464. The molecule has 0 unspecified atom stereocenters. The van der Waals surface area contributed by atoms with Gasteiger partial charge in [0.05, 0.1) is 5.75 Å². The van der Waals surface area contributed by atoms with Crippen LogP contribution in [-0.4, -0.2) is 34.6 Å². The molecular formula is C22H26BrClN2O2S. The van der Waals surface area contributed by atoms with Crippen molar-refractivity contribution < 1.29 is 9.59 Å². The molecular weight excluding hydrogens is 472 g/mol. The van der Waals surface area contributed by atoms with E-state index in [1.54, 1.807) is 24.0 Å². The number of amides is 2. The minimum Gasteiger partial charge on any atom is -0.352 e. The number of carbonyl (C=O) groups is 2. The lowest BCUT2D eigenvalue weighted by Crippen LogP contribution is -2.50. The average Bonchev–Trinajstić information content (AvgIpc) is 2.70. The summed E-state index contributed by atoms with van der Waals surface area (Å²) in [4.78, 5) is 28.4. The lowest BCUT2D eigenvalue weighted by atomic mass is 10.1. The van der Waals surface area contributed by atoms with Crippen LogP contribution < -0.4 is 5.32 Å². The summed E-state index contributed by atoms with van der Waals surface area (Å²) in [6, 6.07) is 14.7. The highest BCUT2D eigenvalue weighted by Crippen LogP contribution is 2.22. The third kappa shape index (κ3) is 7.68. The fourth-order valence-electron chi connectivity index (χ4n) is 2.64. The highest BCUT2D eigenvalue weighted by Gasteiger charge is 2.26. The van der Waals surface area contributed by atoms with E-state index < -0.39 is 6.04 Å². The molecule has 4 nitrogen and oxygen atoms in total. The van der Waals surface area contributed by atoms with Gasteiger partial charge in [0, 0.05) is 27.0 Å². The molecule has 2 amide bonds. The third-order valence-corrected chi connectivity index (χ3v) is 6.33. The second-order valence-electron chi connectivity index (χ2n) is 6.89. The Kier molecular flexibility index (Phi) is 9.53. The second-order valence-corrected chi connectivity index (χ2v) is 9.29. The van der Waals surface area contributed by atoms with Gasteiger partial charge in [0.25, 0.3) is 0 Å². The van der Waals surface area contributed by atoms with Gasteiger partial charge in [-0.1, -0.05) is 46.6 Å². The highest BCUT2D eigenvalue weighted by atomic mass is 79.9. The number of rotatable bonds is 9. The molecule has 29 heavy (non-hydrogen) atoms. The fourth-order valence-corrected chi connectivity index (χ4v) is 4.00. The maximum absolute atomic E-state index is 13.1. The molecule has 2 atom stereocenters. The van der Waals surface area contributed by atoms with Crippen LogP contribution in [0.15, 0.2) is 57.9 Å². The molecule has 0 heterocycles. The maximum Gasteiger partial charge on any atom is 0.242 e. The van der Waals surface area contributed by atoms with E-state index in [0.717, 1.165) is 21.4 Å². The van der Waals surface area contributed by atoms with Crippen molar-refractivity contribution in [1.29, 1.82) is 0 Å². The fraction of sp³-hybridized carbons (Fsp3) is 0.364. The van der Waals surface area contributed by atoms with Gasteiger partial charge in [0.15, 0.2) is 0 Å². The Labute approximate surface area is 190 Å². The summed E-state index contributed by atoms with van der Waals surface area (Å²) >= 11 is 10.8. The number of halogens is 2. The van der Waals surface area contributed by atoms with E-state index in [-0.39, 0.29) is 23.6 Å². The van der Waals surface area contributed by atoms with Gasteiger partial charge in [0.2, 0.25) is 11.8 Å². The van der Waals surface area contributed by atoms with Crippen molar-refractivity contribution in [2.45, 2.75) is 50.7 Å². The van der Waals surface area contributed by atoms with Crippen molar-refractivity contribution in [3.8, 4) is 0 Å². The zero-order valence-corrected chi connectivity index (χ0v) is 20.0. The largest absolute Gasteiger partial charge is 0.352 e. The van der Waals surface area contributed by atoms with Crippen molar-refractivity contribution in [3.05, 3.63) is 63.6 Å². The van der Waals surface area contributed by atoms with E-state index in [0.29, 0.717) is 11.6 Å². The molecule has 0 spiro atoms. The van der Waals surface area contributed by atoms with Crippen LogP contribution in [0.25, 0.3) is 0 Å². The first-order valence-corrected chi connectivity index (χ1v) is 11.7. The van der Waals surface area contributed by atoms with Crippen LogP contribution in [0.2, 0.25) is 5.02 Å². The van der Waals surface area contributed by atoms with E-state index in [4.69, 9.17) is 11.6 Å². The summed E-state index contributed by atoms with van der Waals surface area (Å²) in [6.45, 7) is 6.12. The van der Waals surface area contributed by atoms with Crippen LogP contribution in [0.5, 0.6) is 0 Å². The van der Waals surface area contributed by atoms with Crippen LogP contribution in [-0.2, 0) is 16.1 Å². The van der Waals surface area contributed by atoms with Crippen molar-refractivity contribution in [3.63, 3.8) is 0 Å². The molecule has 0 saturated carbocycles. The number of carbonyl (C=O) groups excluding carboxylic acids is 2. The van der Waals surface area contributed by atoms with E-state index in [1.165, 1.54) is 11.8 Å². The van der Waals surface area contributed by atoms with Crippen molar-refractivity contribution in [2.75, 3.05) is 5.75 Å². The summed E-state index contributed by atoms with van der Waals surface area (Å²) in [5, 5.41) is 3.64. The molecule has 0 aliphatic rings. The molecule has 1 N–H and O–H groups in total. The highest BCUT2D eigenvalue weighted by molar-refractivity contribution is 9.10. The van der Waals surface area contributed by atoms with Gasteiger partial charge >= 0.3 is 0 Å². The SMILES string of the molecule is CC[C@@H](C)NC(=O)[C@H](C)N(Cc1cccc(Br)c1)C(=O)CSc1ccc(Cl)cc1. The molecule has 0 bridgehead atoms. The first-order valence-electron chi connectivity index (χ1n) is 9.52. The third-order valence-electron chi connectivity index (χ3n) is 4.59. The normalized spacial score (nSPS) is 12.9. The topological polar surface area (TPSA) is 49.4 Å². The number of hydrogen-bond donors (Lipinski definition) is 1. The molecule has 7 heteroatoms. The van der Waals surface area contributed by atoms with E-state index in [9.17, 15) is 9.59 Å². The van der Waals surface area contributed by atoms with Crippen molar-refractivity contribution >= 4 is 51.1 Å². The summed E-state index contributed by atoms with van der Waals surface area (Å²) in [5.41, 5.74) is 0.965. The number of thioether (sulfide) groups is 1. The number of hydrogen-bond acceptors (Lipinski definition) is 3. The smallest absolute Gasteiger partial charge is 0.242 e. The van der Waals surface area contributed by atoms with Gasteiger partial charge in [0.1, 0.15) is 6.04 Å². The Morgan fingerprint density at radius 3 is 2.48 bits per heavy atom. The van der Waals surface area contributed by atoms with Crippen LogP contribution >= 0.6 is 39.3 Å². The lowest BCUT2D eigenvalue weighted by molar-refractivity contribution is -0.138. The van der Waals surface area contributed by atoms with Gasteiger partial charge in [-0.2, -0.15) is 0 Å². The van der Waals surface area contributed by atoms with Crippen LogP contribution in [0.1, 0.15) is 32.8 Å². The van der Waals surface area contributed by atoms with Crippen molar-refractivity contribution in [1.82, 2.24) is 10.2 Å². The molecule has 2 aromatic rings.